The number of rotatable bonds is 5. The van der Waals surface area contributed by atoms with Gasteiger partial charge in [0.1, 0.15) is 11.6 Å². The largest absolute Gasteiger partial charge is 0.274 e. The summed E-state index contributed by atoms with van der Waals surface area (Å²) in [5.74, 6) is 0.877. The lowest BCUT2D eigenvalue weighted by molar-refractivity contribution is 0.590. The van der Waals surface area contributed by atoms with E-state index >= 15 is 0 Å². The molecule has 0 saturated heterocycles. The van der Waals surface area contributed by atoms with Gasteiger partial charge in [0.2, 0.25) is 5.65 Å². The summed E-state index contributed by atoms with van der Waals surface area (Å²) >= 11 is 0. The van der Waals surface area contributed by atoms with Crippen molar-refractivity contribution in [3.05, 3.63) is 60.2 Å². The Morgan fingerprint density at radius 1 is 1.10 bits per heavy atom. The highest BCUT2D eigenvalue weighted by Gasteiger charge is 2.33. The molecule has 1 fully saturated rings. The second-order valence-electron chi connectivity index (χ2n) is 7.04. The number of hydrogen-bond acceptors (Lipinski definition) is 5. The van der Waals surface area contributed by atoms with Gasteiger partial charge < -0.3 is 0 Å². The van der Waals surface area contributed by atoms with Gasteiger partial charge in [-0.05, 0) is 56.2 Å². The van der Waals surface area contributed by atoms with E-state index in [2.05, 4.69) is 15.2 Å². The molecule has 0 spiro atoms. The monoisotopic (exact) mass is 411 g/mol. The summed E-state index contributed by atoms with van der Waals surface area (Å²) in [6.45, 7) is 1.87. The fraction of sp³-hybridized carbons (Fsp3) is 0.250. The maximum Gasteiger partial charge on any atom is 0.265 e. The Morgan fingerprint density at radius 2 is 1.83 bits per heavy atom. The molecule has 0 aliphatic heterocycles. The molecule has 0 bridgehead atoms. The first kappa shape index (κ1) is 18.0. The fourth-order valence-electron chi connectivity index (χ4n) is 3.53. The second kappa shape index (κ2) is 6.48. The average Bonchev–Trinajstić information content (AvgIpc) is 3.46. The molecule has 7 nitrogen and oxygen atoms in total. The van der Waals surface area contributed by atoms with Crippen LogP contribution < -0.4 is 4.31 Å². The molecule has 2 aromatic heterocycles. The van der Waals surface area contributed by atoms with Crippen LogP contribution in [0, 0.1) is 5.82 Å². The third-order valence-corrected chi connectivity index (χ3v) is 6.98. The van der Waals surface area contributed by atoms with Crippen LogP contribution in [0.4, 0.5) is 10.2 Å². The summed E-state index contributed by atoms with van der Waals surface area (Å²) in [6, 6.07) is 12.3. The molecule has 9 heteroatoms. The van der Waals surface area contributed by atoms with E-state index in [0.717, 1.165) is 36.3 Å². The number of sulfonamides is 1. The fourth-order valence-corrected chi connectivity index (χ4v) is 4.96. The first-order valence-corrected chi connectivity index (χ1v) is 10.9. The predicted octanol–water partition coefficient (Wildman–Crippen LogP) is 3.51. The maximum atomic E-state index is 13.3. The molecule has 2 aromatic carbocycles. The average molecular weight is 411 g/mol. The molecule has 0 N–H and O–H groups in total. The molecule has 1 saturated carbocycles. The van der Waals surface area contributed by atoms with Gasteiger partial charge in [-0.1, -0.05) is 12.1 Å². The minimum atomic E-state index is -3.95. The Labute approximate surface area is 166 Å². The van der Waals surface area contributed by atoms with Gasteiger partial charge in [-0.3, -0.25) is 4.40 Å². The zero-order valence-electron chi connectivity index (χ0n) is 15.7. The van der Waals surface area contributed by atoms with Crippen LogP contribution in [0.3, 0.4) is 0 Å². The van der Waals surface area contributed by atoms with E-state index in [-0.39, 0.29) is 17.3 Å². The van der Waals surface area contributed by atoms with Crippen LogP contribution in [0.15, 0.2) is 53.4 Å². The lowest BCUT2D eigenvalue weighted by atomic mass is 10.3. The van der Waals surface area contributed by atoms with E-state index in [1.54, 1.807) is 6.92 Å². The third kappa shape index (κ3) is 2.84. The molecule has 4 aromatic rings. The van der Waals surface area contributed by atoms with E-state index in [9.17, 15) is 12.8 Å². The Morgan fingerprint density at radius 3 is 2.52 bits per heavy atom. The normalized spacial score (nSPS) is 14.6. The van der Waals surface area contributed by atoms with Gasteiger partial charge in [-0.25, -0.2) is 22.1 Å². The number of nitrogens with zero attached hydrogens (tertiary/aromatic N) is 5. The van der Waals surface area contributed by atoms with Gasteiger partial charge in [0.15, 0.2) is 5.82 Å². The van der Waals surface area contributed by atoms with Crippen molar-refractivity contribution in [2.75, 3.05) is 10.8 Å². The molecular formula is C20H18FN5O2S. The third-order valence-electron chi connectivity index (χ3n) is 5.10. The summed E-state index contributed by atoms with van der Waals surface area (Å²) < 4.78 is 43.1. The van der Waals surface area contributed by atoms with Gasteiger partial charge >= 0.3 is 0 Å². The summed E-state index contributed by atoms with van der Waals surface area (Å²) in [5, 5.41) is 8.66. The minimum Gasteiger partial charge on any atom is -0.274 e. The standard InChI is InChI=1S/C20H18FN5O2S/c1-2-25(29(27,28)15-11-9-14(21)10-12-15)19-20-24-23-18(13-7-8-13)26(20)17-6-4-3-5-16(17)22-19/h3-6,9-13H,2,7-8H2,1H3. The van der Waals surface area contributed by atoms with Crippen LogP contribution >= 0.6 is 0 Å². The highest BCUT2D eigenvalue weighted by Crippen LogP contribution is 2.40. The van der Waals surface area contributed by atoms with Crippen molar-refractivity contribution >= 4 is 32.5 Å². The predicted molar refractivity (Wildman–Crippen MR) is 107 cm³/mol. The number of para-hydroxylation sites is 2. The van der Waals surface area contributed by atoms with Crippen molar-refractivity contribution in [1.29, 1.82) is 0 Å². The van der Waals surface area contributed by atoms with Gasteiger partial charge in [-0.15, -0.1) is 10.2 Å². The number of anilines is 1. The first-order valence-electron chi connectivity index (χ1n) is 9.43. The quantitative estimate of drug-likeness (QED) is 0.502. The molecule has 0 unspecified atom stereocenters. The molecule has 2 heterocycles. The SMILES string of the molecule is CCN(c1nc2ccccc2n2c(C3CC3)nnc12)S(=O)(=O)c1ccc(F)cc1. The number of hydrogen-bond donors (Lipinski definition) is 0. The van der Waals surface area contributed by atoms with Crippen molar-refractivity contribution in [3.63, 3.8) is 0 Å². The van der Waals surface area contributed by atoms with Crippen LogP contribution in [0.5, 0.6) is 0 Å². The molecule has 5 rings (SSSR count). The van der Waals surface area contributed by atoms with Gasteiger partial charge in [-0.2, -0.15) is 0 Å². The second-order valence-corrected chi connectivity index (χ2v) is 8.90. The molecule has 0 amide bonds. The summed E-state index contributed by atoms with van der Waals surface area (Å²) in [7, 11) is -3.95. The Balaban J connectivity index is 1.77. The van der Waals surface area contributed by atoms with Crippen molar-refractivity contribution < 1.29 is 12.8 Å². The zero-order chi connectivity index (χ0) is 20.2. The van der Waals surface area contributed by atoms with Crippen LogP contribution in [-0.2, 0) is 10.0 Å². The van der Waals surface area contributed by atoms with Crippen molar-refractivity contribution in [2.24, 2.45) is 0 Å². The summed E-state index contributed by atoms with van der Waals surface area (Å²) in [6.07, 6.45) is 2.08. The number of fused-ring (bicyclic) bond motifs is 3. The van der Waals surface area contributed by atoms with E-state index in [1.807, 2.05) is 28.7 Å². The van der Waals surface area contributed by atoms with Gasteiger partial charge in [0.05, 0.1) is 15.9 Å². The molecule has 0 radical (unpaired) electrons. The van der Waals surface area contributed by atoms with E-state index in [4.69, 9.17) is 0 Å². The zero-order valence-corrected chi connectivity index (χ0v) is 16.5. The molecule has 1 aliphatic carbocycles. The number of benzene rings is 2. The Bertz CT molecular complexity index is 1330. The van der Waals surface area contributed by atoms with E-state index < -0.39 is 15.8 Å². The minimum absolute atomic E-state index is 0.00390. The molecule has 148 valence electrons. The van der Waals surface area contributed by atoms with E-state index in [0.29, 0.717) is 17.1 Å². The summed E-state index contributed by atoms with van der Waals surface area (Å²) in [4.78, 5) is 4.62. The molecule has 0 atom stereocenters. The first-order chi connectivity index (χ1) is 14.0. The van der Waals surface area contributed by atoms with Crippen LogP contribution in [0.2, 0.25) is 0 Å². The van der Waals surface area contributed by atoms with Gasteiger partial charge in [0, 0.05) is 12.5 Å². The Kier molecular flexibility index (Phi) is 4.02. The van der Waals surface area contributed by atoms with Crippen LogP contribution in [0.25, 0.3) is 16.7 Å². The highest BCUT2D eigenvalue weighted by molar-refractivity contribution is 7.92. The smallest absolute Gasteiger partial charge is 0.265 e. The molecule has 1 aliphatic rings. The van der Waals surface area contributed by atoms with Crippen molar-refractivity contribution in [3.8, 4) is 0 Å². The molecular weight excluding hydrogens is 393 g/mol. The van der Waals surface area contributed by atoms with Crippen LogP contribution in [0.1, 0.15) is 31.5 Å². The Hall–Kier alpha value is -3.07. The van der Waals surface area contributed by atoms with E-state index in [1.165, 1.54) is 16.4 Å². The maximum absolute atomic E-state index is 13.3. The summed E-state index contributed by atoms with van der Waals surface area (Å²) in [5.41, 5.74) is 1.90. The lowest BCUT2D eigenvalue weighted by Crippen LogP contribution is -2.32. The topological polar surface area (TPSA) is 80.5 Å². The van der Waals surface area contributed by atoms with Crippen molar-refractivity contribution in [2.45, 2.75) is 30.6 Å². The van der Waals surface area contributed by atoms with Crippen molar-refractivity contribution in [1.82, 2.24) is 19.6 Å². The lowest BCUT2D eigenvalue weighted by Gasteiger charge is -2.22. The highest BCUT2D eigenvalue weighted by atomic mass is 32.2. The van der Waals surface area contributed by atoms with Gasteiger partial charge in [0.25, 0.3) is 10.0 Å². The molecule has 29 heavy (non-hydrogen) atoms. The number of aromatic nitrogens is 4. The number of halogens is 1. The van der Waals surface area contributed by atoms with Crippen LogP contribution in [-0.4, -0.2) is 34.5 Å².